The molecule has 2 heterocycles. The molecular formula is C12H17F3N4O. The van der Waals surface area contributed by atoms with E-state index < -0.39 is 11.9 Å². The molecule has 20 heavy (non-hydrogen) atoms. The molecule has 0 radical (unpaired) electrons. The van der Waals surface area contributed by atoms with Gasteiger partial charge in [0.15, 0.2) is 5.69 Å². The van der Waals surface area contributed by atoms with Gasteiger partial charge in [0.25, 0.3) is 0 Å². The summed E-state index contributed by atoms with van der Waals surface area (Å²) in [5.74, 6) is 0.196. The number of alkyl halides is 3. The van der Waals surface area contributed by atoms with Crippen molar-refractivity contribution in [1.29, 1.82) is 0 Å². The minimum atomic E-state index is -4.49. The van der Waals surface area contributed by atoms with Crippen LogP contribution in [0.2, 0.25) is 0 Å². The van der Waals surface area contributed by atoms with Crippen LogP contribution in [0.1, 0.15) is 12.6 Å². The second-order valence-electron chi connectivity index (χ2n) is 5.48. The van der Waals surface area contributed by atoms with Crippen LogP contribution in [0.5, 0.6) is 0 Å². The first-order valence-electron chi connectivity index (χ1n) is 6.15. The van der Waals surface area contributed by atoms with Crippen molar-refractivity contribution < 1.29 is 17.9 Å². The lowest BCUT2D eigenvalue weighted by Gasteiger charge is -2.38. The summed E-state index contributed by atoms with van der Waals surface area (Å²) in [7, 11) is 3.26. The quantitative estimate of drug-likeness (QED) is 0.919. The Morgan fingerprint density at radius 1 is 1.35 bits per heavy atom. The third-order valence-corrected chi connectivity index (χ3v) is 3.04. The van der Waals surface area contributed by atoms with Gasteiger partial charge in [0.2, 0.25) is 5.95 Å². The van der Waals surface area contributed by atoms with Gasteiger partial charge in [-0.15, -0.1) is 0 Å². The molecule has 2 rings (SSSR count). The van der Waals surface area contributed by atoms with Gasteiger partial charge in [-0.1, -0.05) is 6.92 Å². The number of nitrogens with zero attached hydrogens (tertiary/aromatic N) is 3. The van der Waals surface area contributed by atoms with E-state index in [4.69, 9.17) is 4.74 Å². The molecule has 0 atom stereocenters. The summed E-state index contributed by atoms with van der Waals surface area (Å²) in [6.45, 7) is 3.63. The molecule has 1 aliphatic rings. The summed E-state index contributed by atoms with van der Waals surface area (Å²) in [4.78, 5) is 9.11. The topological polar surface area (TPSA) is 50.3 Å². The van der Waals surface area contributed by atoms with Crippen molar-refractivity contribution in [2.75, 3.05) is 44.1 Å². The number of halogens is 3. The fraction of sp³-hybridized carbons (Fsp3) is 0.667. The van der Waals surface area contributed by atoms with E-state index in [1.54, 1.807) is 14.1 Å². The molecule has 112 valence electrons. The van der Waals surface area contributed by atoms with Gasteiger partial charge in [0.05, 0.1) is 13.2 Å². The van der Waals surface area contributed by atoms with E-state index in [1.807, 2.05) is 6.92 Å². The maximum Gasteiger partial charge on any atom is 0.433 e. The lowest BCUT2D eigenvalue weighted by atomic mass is 9.89. The Morgan fingerprint density at radius 2 is 2.00 bits per heavy atom. The van der Waals surface area contributed by atoms with Crippen molar-refractivity contribution in [2.45, 2.75) is 13.1 Å². The van der Waals surface area contributed by atoms with Crippen molar-refractivity contribution in [1.82, 2.24) is 9.97 Å². The van der Waals surface area contributed by atoms with E-state index in [1.165, 1.54) is 4.90 Å². The van der Waals surface area contributed by atoms with Crippen molar-refractivity contribution in [3.05, 3.63) is 11.8 Å². The largest absolute Gasteiger partial charge is 0.433 e. The van der Waals surface area contributed by atoms with E-state index in [0.29, 0.717) is 19.8 Å². The van der Waals surface area contributed by atoms with Crippen molar-refractivity contribution in [3.8, 4) is 0 Å². The Bertz CT molecular complexity index is 486. The summed E-state index contributed by atoms with van der Waals surface area (Å²) < 4.78 is 43.5. The lowest BCUT2D eigenvalue weighted by Crippen LogP contribution is -2.45. The Kier molecular flexibility index (Phi) is 3.77. The van der Waals surface area contributed by atoms with E-state index >= 15 is 0 Å². The third-order valence-electron chi connectivity index (χ3n) is 3.04. The first-order valence-corrected chi connectivity index (χ1v) is 6.15. The number of ether oxygens (including phenoxy) is 1. The minimum absolute atomic E-state index is 0.0170. The highest BCUT2D eigenvalue weighted by atomic mass is 19.4. The summed E-state index contributed by atoms with van der Waals surface area (Å²) in [5, 5.41) is 2.87. The van der Waals surface area contributed by atoms with Crippen LogP contribution >= 0.6 is 0 Å². The fourth-order valence-electron chi connectivity index (χ4n) is 1.73. The summed E-state index contributed by atoms with van der Waals surface area (Å²) in [5.41, 5.74) is -1.02. The normalized spacial score (nSPS) is 17.5. The molecule has 0 aliphatic carbocycles. The zero-order valence-electron chi connectivity index (χ0n) is 11.6. The lowest BCUT2D eigenvalue weighted by molar-refractivity contribution is -0.141. The number of aromatic nitrogens is 2. The molecule has 0 unspecified atom stereocenters. The minimum Gasteiger partial charge on any atom is -0.380 e. The highest BCUT2D eigenvalue weighted by molar-refractivity contribution is 5.44. The van der Waals surface area contributed by atoms with Gasteiger partial charge in [0, 0.05) is 32.1 Å². The molecule has 8 heteroatoms. The predicted octanol–water partition coefficient (Wildman–Crippen LogP) is 2.01. The van der Waals surface area contributed by atoms with Crippen molar-refractivity contribution >= 4 is 11.8 Å². The second kappa shape index (κ2) is 5.08. The van der Waals surface area contributed by atoms with E-state index in [9.17, 15) is 13.2 Å². The van der Waals surface area contributed by atoms with Gasteiger partial charge in [-0.3, -0.25) is 0 Å². The molecular weight excluding hydrogens is 273 g/mol. The monoisotopic (exact) mass is 290 g/mol. The molecule has 1 N–H and O–H groups in total. The Labute approximate surface area is 115 Å². The van der Waals surface area contributed by atoms with Crippen LogP contribution in [0, 0.1) is 5.41 Å². The van der Waals surface area contributed by atoms with Crippen LogP contribution in [-0.2, 0) is 10.9 Å². The maximum atomic E-state index is 12.8. The highest BCUT2D eigenvalue weighted by Gasteiger charge is 2.35. The molecule has 1 aromatic rings. The van der Waals surface area contributed by atoms with Crippen LogP contribution in [0.3, 0.4) is 0 Å². The van der Waals surface area contributed by atoms with Crippen LogP contribution in [0.25, 0.3) is 0 Å². The first kappa shape index (κ1) is 14.8. The molecule has 0 amide bonds. The molecule has 0 spiro atoms. The van der Waals surface area contributed by atoms with Gasteiger partial charge in [-0.25, -0.2) is 4.98 Å². The van der Waals surface area contributed by atoms with Crippen molar-refractivity contribution in [2.24, 2.45) is 5.41 Å². The van der Waals surface area contributed by atoms with Crippen molar-refractivity contribution in [3.63, 3.8) is 0 Å². The highest BCUT2D eigenvalue weighted by Crippen LogP contribution is 2.31. The van der Waals surface area contributed by atoms with Gasteiger partial charge in [-0.05, 0) is 0 Å². The average molecular weight is 290 g/mol. The van der Waals surface area contributed by atoms with Crippen LogP contribution in [-0.4, -0.2) is 43.8 Å². The molecule has 1 saturated heterocycles. The average Bonchev–Trinajstić information content (AvgIpc) is 2.32. The molecule has 1 fully saturated rings. The molecule has 0 saturated carbocycles. The Hall–Kier alpha value is -1.57. The Morgan fingerprint density at radius 3 is 2.45 bits per heavy atom. The van der Waals surface area contributed by atoms with E-state index in [-0.39, 0.29) is 17.2 Å². The van der Waals surface area contributed by atoms with Gasteiger partial charge >= 0.3 is 6.18 Å². The number of anilines is 2. The zero-order chi connectivity index (χ0) is 15.0. The molecule has 1 aliphatic heterocycles. The number of rotatable bonds is 4. The maximum absolute atomic E-state index is 12.8. The summed E-state index contributed by atoms with van der Waals surface area (Å²) in [6.07, 6.45) is -4.49. The smallest absolute Gasteiger partial charge is 0.380 e. The molecule has 0 bridgehead atoms. The van der Waals surface area contributed by atoms with E-state index in [0.717, 1.165) is 6.07 Å². The standard InChI is InChI=1S/C12H17F3N4O/c1-11(6-20-7-11)5-16-10-17-8(12(13,14)15)4-9(18-10)19(2)3/h4H,5-7H2,1-3H3,(H,16,17,18). The van der Waals surface area contributed by atoms with Gasteiger partial charge in [-0.2, -0.15) is 18.2 Å². The number of nitrogens with one attached hydrogen (secondary N) is 1. The second-order valence-corrected chi connectivity index (χ2v) is 5.48. The van der Waals surface area contributed by atoms with Crippen LogP contribution in [0.4, 0.5) is 24.9 Å². The summed E-state index contributed by atoms with van der Waals surface area (Å²) in [6, 6.07) is 0.930. The number of hydrogen-bond donors (Lipinski definition) is 1. The zero-order valence-corrected chi connectivity index (χ0v) is 11.6. The van der Waals surface area contributed by atoms with E-state index in [2.05, 4.69) is 15.3 Å². The fourth-order valence-corrected chi connectivity index (χ4v) is 1.73. The van der Waals surface area contributed by atoms with Crippen LogP contribution in [0.15, 0.2) is 6.07 Å². The summed E-state index contributed by atoms with van der Waals surface area (Å²) >= 11 is 0. The Balaban J connectivity index is 2.20. The molecule has 5 nitrogen and oxygen atoms in total. The molecule has 0 aromatic carbocycles. The van der Waals surface area contributed by atoms with Gasteiger partial charge < -0.3 is 15.0 Å². The first-order chi connectivity index (χ1) is 9.20. The third kappa shape index (κ3) is 3.30. The molecule has 1 aromatic heterocycles. The predicted molar refractivity (Wildman–Crippen MR) is 68.8 cm³/mol. The van der Waals surface area contributed by atoms with Crippen LogP contribution < -0.4 is 10.2 Å². The van der Waals surface area contributed by atoms with Gasteiger partial charge in [0.1, 0.15) is 5.82 Å². The SMILES string of the molecule is CN(C)c1cc(C(F)(F)F)nc(NCC2(C)COC2)n1. The number of hydrogen-bond acceptors (Lipinski definition) is 5.